The van der Waals surface area contributed by atoms with Crippen molar-refractivity contribution in [2.24, 2.45) is 0 Å². The summed E-state index contributed by atoms with van der Waals surface area (Å²) in [6.07, 6.45) is 0. The summed E-state index contributed by atoms with van der Waals surface area (Å²) in [6.45, 7) is 0. The quantitative estimate of drug-likeness (QED) is 0.469. The molecule has 0 amide bonds. The van der Waals surface area contributed by atoms with Gasteiger partial charge < -0.3 is 14.6 Å². The van der Waals surface area contributed by atoms with Crippen LogP contribution in [0, 0.1) is 5.82 Å². The smallest absolute Gasteiger partial charge is 0.543 e. The zero-order valence-electron chi connectivity index (χ0n) is 15.8. The minimum atomic E-state index is -1.48. The second kappa shape index (κ2) is 8.69. The van der Waals surface area contributed by atoms with Gasteiger partial charge in [0.05, 0.1) is 24.3 Å². The van der Waals surface area contributed by atoms with Gasteiger partial charge in [0.15, 0.2) is 5.82 Å². The predicted molar refractivity (Wildman–Crippen MR) is 101 cm³/mol. The van der Waals surface area contributed by atoms with Gasteiger partial charge >= 0.3 is 29.6 Å². The molecule has 1 aromatic heterocycles. The standard InChI is InChI=1S/C22H15FN2O3.Na/c1-28-17-4-2-3-15(11-17)13-5-7-14(8-6-13)21-24-19-10-9-16(23)12-18(19)20(25-21)22(26)27;/h2-12H,1H3,(H,26,27);/q;+1/p-1. The monoisotopic (exact) mass is 396 g/mol. The predicted octanol–water partition coefficient (Wildman–Crippen LogP) is 0.479. The molecule has 7 heteroatoms. The number of nitrogens with zero attached hydrogens (tertiary/aromatic N) is 2. The second-order valence-corrected chi connectivity index (χ2v) is 6.15. The molecule has 0 N–H and O–H groups in total. The molecule has 29 heavy (non-hydrogen) atoms. The van der Waals surface area contributed by atoms with Crippen molar-refractivity contribution in [1.29, 1.82) is 0 Å². The molecule has 5 nitrogen and oxygen atoms in total. The summed E-state index contributed by atoms with van der Waals surface area (Å²) in [7, 11) is 1.61. The molecule has 0 atom stereocenters. The van der Waals surface area contributed by atoms with Gasteiger partial charge in [-0.05, 0) is 41.5 Å². The number of aromatic carboxylic acids is 1. The fourth-order valence-electron chi connectivity index (χ4n) is 3.00. The number of carbonyl (C=O) groups is 1. The van der Waals surface area contributed by atoms with Crippen LogP contribution in [0.2, 0.25) is 0 Å². The summed E-state index contributed by atoms with van der Waals surface area (Å²) >= 11 is 0. The molecular formula is C22H14FN2NaO3. The number of carbonyl (C=O) groups excluding carboxylic acids is 1. The molecule has 0 saturated heterocycles. The first kappa shape index (κ1) is 20.9. The number of ether oxygens (including phenoxy) is 1. The number of carboxylic acid groups (broad SMARTS) is 1. The molecule has 4 rings (SSSR count). The maximum absolute atomic E-state index is 13.5. The van der Waals surface area contributed by atoms with E-state index in [4.69, 9.17) is 4.74 Å². The SMILES string of the molecule is COc1cccc(-c2ccc(-c3nc(C(=O)[O-])c4cc(F)ccc4n3)cc2)c1.[Na+]. The Labute approximate surface area is 188 Å². The van der Waals surface area contributed by atoms with Crippen molar-refractivity contribution in [2.75, 3.05) is 7.11 Å². The Morgan fingerprint density at radius 3 is 2.34 bits per heavy atom. The van der Waals surface area contributed by atoms with Crippen LogP contribution in [0.3, 0.4) is 0 Å². The van der Waals surface area contributed by atoms with Crippen molar-refractivity contribution >= 4 is 16.9 Å². The summed E-state index contributed by atoms with van der Waals surface area (Å²) in [6, 6.07) is 18.8. The van der Waals surface area contributed by atoms with E-state index < -0.39 is 11.8 Å². The number of halogens is 1. The van der Waals surface area contributed by atoms with E-state index >= 15 is 0 Å². The van der Waals surface area contributed by atoms with Crippen molar-refractivity contribution in [1.82, 2.24) is 9.97 Å². The number of carboxylic acids is 1. The number of benzene rings is 3. The number of hydrogen-bond donors (Lipinski definition) is 0. The van der Waals surface area contributed by atoms with Crippen molar-refractivity contribution in [3.8, 4) is 28.3 Å². The summed E-state index contributed by atoms with van der Waals surface area (Å²) < 4.78 is 18.7. The number of fused-ring (bicyclic) bond motifs is 1. The van der Waals surface area contributed by atoms with Gasteiger partial charge in [-0.25, -0.2) is 14.4 Å². The summed E-state index contributed by atoms with van der Waals surface area (Å²) in [4.78, 5) is 19.9. The molecule has 0 fully saturated rings. The Morgan fingerprint density at radius 1 is 0.931 bits per heavy atom. The third-order valence-electron chi connectivity index (χ3n) is 4.40. The van der Waals surface area contributed by atoms with Crippen molar-refractivity contribution in [3.63, 3.8) is 0 Å². The van der Waals surface area contributed by atoms with Crippen LogP contribution in [-0.2, 0) is 0 Å². The van der Waals surface area contributed by atoms with Crippen molar-refractivity contribution < 1.29 is 48.6 Å². The van der Waals surface area contributed by atoms with Crippen LogP contribution >= 0.6 is 0 Å². The van der Waals surface area contributed by atoms with Gasteiger partial charge in [-0.3, -0.25) is 0 Å². The molecule has 0 spiro atoms. The molecular weight excluding hydrogens is 382 g/mol. The van der Waals surface area contributed by atoms with Crippen LogP contribution < -0.4 is 39.4 Å². The molecule has 138 valence electrons. The Kier molecular flexibility index (Phi) is 6.27. The molecule has 3 aromatic carbocycles. The van der Waals surface area contributed by atoms with Gasteiger partial charge in [0.2, 0.25) is 0 Å². The van der Waals surface area contributed by atoms with Crippen LogP contribution in [0.1, 0.15) is 10.5 Å². The average molecular weight is 396 g/mol. The fourth-order valence-corrected chi connectivity index (χ4v) is 3.00. The minimum absolute atomic E-state index is 0. The van der Waals surface area contributed by atoms with E-state index in [2.05, 4.69) is 9.97 Å². The van der Waals surface area contributed by atoms with Gasteiger partial charge in [-0.2, -0.15) is 0 Å². The zero-order chi connectivity index (χ0) is 19.7. The summed E-state index contributed by atoms with van der Waals surface area (Å²) in [5.74, 6) is -1.05. The minimum Gasteiger partial charge on any atom is -0.543 e. The van der Waals surface area contributed by atoms with E-state index in [-0.39, 0.29) is 46.5 Å². The first-order valence-corrected chi connectivity index (χ1v) is 8.48. The van der Waals surface area contributed by atoms with Gasteiger partial charge in [0.1, 0.15) is 11.6 Å². The third-order valence-corrected chi connectivity index (χ3v) is 4.40. The Balaban J connectivity index is 0.00000240. The van der Waals surface area contributed by atoms with E-state index in [0.717, 1.165) is 22.9 Å². The molecule has 0 aliphatic heterocycles. The zero-order valence-corrected chi connectivity index (χ0v) is 17.8. The van der Waals surface area contributed by atoms with E-state index in [1.54, 1.807) is 19.2 Å². The van der Waals surface area contributed by atoms with E-state index in [9.17, 15) is 14.3 Å². The molecule has 4 aromatic rings. The topological polar surface area (TPSA) is 75.1 Å². The second-order valence-electron chi connectivity index (χ2n) is 6.15. The van der Waals surface area contributed by atoms with Crippen LogP contribution in [0.5, 0.6) is 5.75 Å². The van der Waals surface area contributed by atoms with E-state index in [1.807, 2.05) is 36.4 Å². The Bertz CT molecular complexity index is 1200. The third kappa shape index (κ3) is 4.29. The van der Waals surface area contributed by atoms with Crippen LogP contribution in [0.25, 0.3) is 33.4 Å². The molecule has 0 saturated carbocycles. The normalized spacial score (nSPS) is 10.4. The number of hydrogen-bond acceptors (Lipinski definition) is 5. The van der Waals surface area contributed by atoms with E-state index in [1.165, 1.54) is 12.1 Å². The molecule has 0 unspecified atom stereocenters. The molecule has 0 aliphatic carbocycles. The van der Waals surface area contributed by atoms with Gasteiger partial charge in [-0.1, -0.05) is 36.4 Å². The molecule has 0 bridgehead atoms. The van der Waals surface area contributed by atoms with Gasteiger partial charge in [0.25, 0.3) is 0 Å². The number of aromatic nitrogens is 2. The van der Waals surface area contributed by atoms with Gasteiger partial charge in [-0.15, -0.1) is 0 Å². The van der Waals surface area contributed by atoms with Crippen molar-refractivity contribution in [3.05, 3.63) is 78.2 Å². The fraction of sp³-hybridized carbons (Fsp3) is 0.0455. The Morgan fingerprint density at radius 2 is 1.66 bits per heavy atom. The number of methoxy groups -OCH3 is 1. The molecule has 1 heterocycles. The molecule has 0 radical (unpaired) electrons. The van der Waals surface area contributed by atoms with Crippen molar-refractivity contribution in [2.45, 2.75) is 0 Å². The molecule has 0 aliphatic rings. The summed E-state index contributed by atoms with van der Waals surface area (Å²) in [5.41, 5.74) is 2.58. The summed E-state index contributed by atoms with van der Waals surface area (Å²) in [5, 5.41) is 11.6. The first-order valence-electron chi connectivity index (χ1n) is 8.48. The van der Waals surface area contributed by atoms with Crippen LogP contribution in [0.4, 0.5) is 4.39 Å². The van der Waals surface area contributed by atoms with Gasteiger partial charge in [0, 0.05) is 10.9 Å². The maximum Gasteiger partial charge on any atom is 1.00 e. The van der Waals surface area contributed by atoms with Crippen LogP contribution in [-0.4, -0.2) is 23.0 Å². The van der Waals surface area contributed by atoms with Crippen LogP contribution in [0.15, 0.2) is 66.7 Å². The van der Waals surface area contributed by atoms with E-state index in [0.29, 0.717) is 11.1 Å². The first-order chi connectivity index (χ1) is 13.5. The largest absolute Gasteiger partial charge is 1.00 e. The maximum atomic E-state index is 13.5. The Hall–Kier alpha value is -2.80. The number of rotatable bonds is 4. The average Bonchev–Trinajstić information content (AvgIpc) is 2.73.